The number of hydrogen-bond donors (Lipinski definition) is 2. The number of rotatable bonds is 6. The summed E-state index contributed by atoms with van der Waals surface area (Å²) < 4.78 is 0. The topological polar surface area (TPSA) is 75.4 Å². The first kappa shape index (κ1) is 16.8. The Morgan fingerprint density at radius 2 is 1.80 bits per heavy atom. The van der Waals surface area contributed by atoms with Gasteiger partial charge in [0.1, 0.15) is 0 Å². The number of benzene rings is 1. The van der Waals surface area contributed by atoms with Crippen molar-refractivity contribution >= 4 is 40.7 Å². The first-order valence-corrected chi connectivity index (χ1v) is 6.83. The summed E-state index contributed by atoms with van der Waals surface area (Å²) in [5, 5.41) is 3.36. The van der Waals surface area contributed by atoms with Gasteiger partial charge in [-0.2, -0.15) is 0 Å². The first-order valence-electron chi connectivity index (χ1n) is 6.07. The lowest BCUT2D eigenvalue weighted by Gasteiger charge is -2.24. The fourth-order valence-electron chi connectivity index (χ4n) is 1.60. The van der Waals surface area contributed by atoms with Crippen LogP contribution in [0, 0.1) is 0 Å². The molecule has 3 N–H and O–H groups in total. The van der Waals surface area contributed by atoms with Gasteiger partial charge >= 0.3 is 0 Å². The van der Waals surface area contributed by atoms with Crippen molar-refractivity contribution in [2.75, 3.05) is 18.4 Å². The Bertz CT molecular complexity index is 486. The zero-order valence-electron chi connectivity index (χ0n) is 11.3. The SMILES string of the molecule is CC(C)N(CC(N)=O)CC(=O)Nc1c(Cl)cccc1Cl. The Kier molecular flexibility index (Phi) is 6.26. The fourth-order valence-corrected chi connectivity index (χ4v) is 2.09. The van der Waals surface area contributed by atoms with Gasteiger partial charge in [0.2, 0.25) is 11.8 Å². The summed E-state index contributed by atoms with van der Waals surface area (Å²) in [7, 11) is 0. The second-order valence-electron chi connectivity index (χ2n) is 4.61. The van der Waals surface area contributed by atoms with Crippen molar-refractivity contribution in [3.05, 3.63) is 28.2 Å². The monoisotopic (exact) mass is 317 g/mol. The van der Waals surface area contributed by atoms with E-state index in [1.54, 1.807) is 23.1 Å². The van der Waals surface area contributed by atoms with Gasteiger partial charge in [-0.25, -0.2) is 0 Å². The zero-order chi connectivity index (χ0) is 15.3. The molecule has 7 heteroatoms. The maximum Gasteiger partial charge on any atom is 0.238 e. The molecular weight excluding hydrogens is 301 g/mol. The quantitative estimate of drug-likeness (QED) is 0.844. The van der Waals surface area contributed by atoms with E-state index in [1.807, 2.05) is 13.8 Å². The van der Waals surface area contributed by atoms with Gasteiger partial charge < -0.3 is 11.1 Å². The summed E-state index contributed by atoms with van der Waals surface area (Å²) in [6, 6.07) is 4.96. The average Bonchev–Trinajstić information content (AvgIpc) is 2.32. The molecule has 20 heavy (non-hydrogen) atoms. The van der Waals surface area contributed by atoms with Crippen molar-refractivity contribution in [2.24, 2.45) is 5.73 Å². The van der Waals surface area contributed by atoms with Crippen molar-refractivity contribution in [3.63, 3.8) is 0 Å². The van der Waals surface area contributed by atoms with Gasteiger partial charge in [-0.1, -0.05) is 29.3 Å². The van der Waals surface area contributed by atoms with Gasteiger partial charge in [-0.05, 0) is 26.0 Å². The highest BCUT2D eigenvalue weighted by Crippen LogP contribution is 2.29. The highest BCUT2D eigenvalue weighted by atomic mass is 35.5. The van der Waals surface area contributed by atoms with Crippen LogP contribution in [-0.2, 0) is 9.59 Å². The second-order valence-corrected chi connectivity index (χ2v) is 5.42. The number of carbonyl (C=O) groups is 2. The van der Waals surface area contributed by atoms with Crippen LogP contribution >= 0.6 is 23.2 Å². The molecule has 0 heterocycles. The normalized spacial score (nSPS) is 10.9. The lowest BCUT2D eigenvalue weighted by atomic mass is 10.3. The van der Waals surface area contributed by atoms with Gasteiger partial charge in [0, 0.05) is 6.04 Å². The zero-order valence-corrected chi connectivity index (χ0v) is 12.8. The molecule has 0 aromatic heterocycles. The summed E-state index contributed by atoms with van der Waals surface area (Å²) in [5.41, 5.74) is 5.52. The van der Waals surface area contributed by atoms with Crippen LogP contribution in [0.2, 0.25) is 10.0 Å². The molecule has 0 aliphatic rings. The molecule has 0 spiro atoms. The van der Waals surface area contributed by atoms with Gasteiger partial charge in [0.25, 0.3) is 0 Å². The van der Waals surface area contributed by atoms with Crippen LogP contribution in [0.4, 0.5) is 5.69 Å². The van der Waals surface area contributed by atoms with E-state index in [2.05, 4.69) is 5.32 Å². The van der Waals surface area contributed by atoms with Crippen LogP contribution < -0.4 is 11.1 Å². The third kappa shape index (κ3) is 5.00. The van der Waals surface area contributed by atoms with Crippen LogP contribution in [0.15, 0.2) is 18.2 Å². The number of nitrogens with one attached hydrogen (secondary N) is 1. The summed E-state index contributed by atoms with van der Waals surface area (Å²) in [4.78, 5) is 24.6. The number of nitrogens with zero attached hydrogens (tertiary/aromatic N) is 1. The van der Waals surface area contributed by atoms with E-state index in [4.69, 9.17) is 28.9 Å². The van der Waals surface area contributed by atoms with Crippen LogP contribution in [0.25, 0.3) is 0 Å². The molecule has 110 valence electrons. The van der Waals surface area contributed by atoms with Crippen molar-refractivity contribution in [3.8, 4) is 0 Å². The summed E-state index contributed by atoms with van der Waals surface area (Å²) in [5.74, 6) is -0.794. The number of amides is 2. The number of halogens is 2. The van der Waals surface area contributed by atoms with Gasteiger partial charge in [0.15, 0.2) is 0 Å². The highest BCUT2D eigenvalue weighted by molar-refractivity contribution is 6.39. The third-order valence-corrected chi connectivity index (χ3v) is 3.29. The maximum absolute atomic E-state index is 12.0. The van der Waals surface area contributed by atoms with Crippen LogP contribution in [0.1, 0.15) is 13.8 Å². The van der Waals surface area contributed by atoms with Gasteiger partial charge in [-0.15, -0.1) is 0 Å². The second kappa shape index (κ2) is 7.47. The largest absolute Gasteiger partial charge is 0.369 e. The Balaban J connectivity index is 2.73. The highest BCUT2D eigenvalue weighted by Gasteiger charge is 2.17. The number of primary amides is 1. The average molecular weight is 318 g/mol. The Hall–Kier alpha value is -1.30. The molecule has 0 aliphatic carbocycles. The molecule has 1 aromatic carbocycles. The molecule has 0 saturated carbocycles. The van der Waals surface area contributed by atoms with Crippen molar-refractivity contribution in [1.82, 2.24) is 4.90 Å². The van der Waals surface area contributed by atoms with Crippen molar-refractivity contribution in [2.45, 2.75) is 19.9 Å². The molecule has 0 saturated heterocycles. The molecule has 0 bridgehead atoms. The molecule has 2 amide bonds. The smallest absolute Gasteiger partial charge is 0.238 e. The number of hydrogen-bond acceptors (Lipinski definition) is 3. The molecule has 0 aliphatic heterocycles. The standard InChI is InChI=1S/C13H17Cl2N3O2/c1-8(2)18(6-11(16)19)7-12(20)17-13-9(14)4-3-5-10(13)15/h3-5,8H,6-7H2,1-2H3,(H2,16,19)(H,17,20). The Labute approximate surface area is 128 Å². The number of nitrogens with two attached hydrogens (primary N) is 1. The van der Waals surface area contributed by atoms with E-state index in [1.165, 1.54) is 0 Å². The molecule has 0 unspecified atom stereocenters. The van der Waals surface area contributed by atoms with Crippen molar-refractivity contribution in [1.29, 1.82) is 0 Å². The Morgan fingerprint density at radius 1 is 1.25 bits per heavy atom. The molecule has 0 radical (unpaired) electrons. The predicted octanol–water partition coefficient (Wildman–Crippen LogP) is 2.13. The summed E-state index contributed by atoms with van der Waals surface area (Å²) in [6.07, 6.45) is 0. The van der Waals surface area contributed by atoms with E-state index in [-0.39, 0.29) is 25.0 Å². The van der Waals surface area contributed by atoms with Gasteiger partial charge in [-0.3, -0.25) is 14.5 Å². The molecule has 0 atom stereocenters. The number of para-hydroxylation sites is 1. The minimum atomic E-state index is -0.484. The molecule has 0 fully saturated rings. The van der Waals surface area contributed by atoms with E-state index < -0.39 is 5.91 Å². The lowest BCUT2D eigenvalue weighted by molar-refractivity contribution is -0.121. The van der Waals surface area contributed by atoms with E-state index >= 15 is 0 Å². The van der Waals surface area contributed by atoms with Crippen LogP contribution in [0.3, 0.4) is 0 Å². The lowest BCUT2D eigenvalue weighted by Crippen LogP contribution is -2.43. The number of anilines is 1. The fraction of sp³-hybridized carbons (Fsp3) is 0.385. The van der Waals surface area contributed by atoms with E-state index in [0.29, 0.717) is 15.7 Å². The molecule has 1 rings (SSSR count). The Morgan fingerprint density at radius 3 is 2.25 bits per heavy atom. The number of carbonyl (C=O) groups excluding carboxylic acids is 2. The van der Waals surface area contributed by atoms with Crippen molar-refractivity contribution < 1.29 is 9.59 Å². The maximum atomic E-state index is 12.0. The summed E-state index contributed by atoms with van der Waals surface area (Å²) >= 11 is 11.9. The first-order chi connectivity index (χ1) is 9.31. The van der Waals surface area contributed by atoms with E-state index in [0.717, 1.165) is 0 Å². The minimum absolute atomic E-state index is 0.00923. The molecule has 5 nitrogen and oxygen atoms in total. The third-order valence-electron chi connectivity index (χ3n) is 2.66. The predicted molar refractivity (Wildman–Crippen MR) is 81.0 cm³/mol. The molecular formula is C13H17Cl2N3O2. The minimum Gasteiger partial charge on any atom is -0.369 e. The molecule has 1 aromatic rings. The van der Waals surface area contributed by atoms with Crippen LogP contribution in [-0.4, -0.2) is 35.8 Å². The van der Waals surface area contributed by atoms with Crippen LogP contribution in [0.5, 0.6) is 0 Å². The summed E-state index contributed by atoms with van der Waals surface area (Å²) in [6.45, 7) is 3.79. The van der Waals surface area contributed by atoms with Gasteiger partial charge in [0.05, 0.1) is 28.8 Å². The van der Waals surface area contributed by atoms with E-state index in [9.17, 15) is 9.59 Å².